The highest BCUT2D eigenvalue weighted by Gasteiger charge is 2.53. The highest BCUT2D eigenvalue weighted by molar-refractivity contribution is 9.10. The lowest BCUT2D eigenvalue weighted by atomic mass is 9.55. The van der Waals surface area contributed by atoms with Gasteiger partial charge in [0.1, 0.15) is 5.82 Å². The Bertz CT molecular complexity index is 1030. The molecule has 1 aromatic carbocycles. The van der Waals surface area contributed by atoms with Crippen molar-refractivity contribution in [2.45, 2.75) is 39.5 Å². The largest absolute Gasteiger partial charge is 0.399 e. The summed E-state index contributed by atoms with van der Waals surface area (Å²) in [5.74, 6) is -1.15. The van der Waals surface area contributed by atoms with E-state index in [0.717, 1.165) is 0 Å². The lowest BCUT2D eigenvalue weighted by Crippen LogP contribution is -2.43. The summed E-state index contributed by atoms with van der Waals surface area (Å²) in [6.45, 7) is 6.43. The van der Waals surface area contributed by atoms with Crippen molar-refractivity contribution in [3.8, 4) is 18.2 Å². The second kappa shape index (κ2) is 7.33. The first kappa shape index (κ1) is 21.1. The van der Waals surface area contributed by atoms with Gasteiger partial charge in [-0.2, -0.15) is 15.8 Å². The van der Waals surface area contributed by atoms with Crippen molar-refractivity contribution in [2.75, 3.05) is 0 Å². The SMILES string of the molecule is CC(C)(C)[C@H]1CC=C2[C@H](C1)[C@H](c1cc(Br)ccc1F)C(C#N)=C(N)C2(C#N)C#N. The normalized spacial score (nSPS) is 25.9. The van der Waals surface area contributed by atoms with Crippen LogP contribution in [0.15, 0.2) is 45.6 Å². The number of halogens is 2. The second-order valence-electron chi connectivity index (χ2n) is 8.86. The van der Waals surface area contributed by atoms with Crippen LogP contribution in [0.4, 0.5) is 4.39 Å². The zero-order valence-electron chi connectivity index (χ0n) is 16.6. The molecule has 0 radical (unpaired) electrons. The van der Waals surface area contributed by atoms with Gasteiger partial charge in [0.05, 0.1) is 29.5 Å². The smallest absolute Gasteiger partial charge is 0.204 e. The average molecular weight is 453 g/mol. The predicted octanol–water partition coefficient (Wildman–Crippen LogP) is 5.45. The van der Waals surface area contributed by atoms with Gasteiger partial charge in [0.15, 0.2) is 0 Å². The van der Waals surface area contributed by atoms with Crippen molar-refractivity contribution >= 4 is 15.9 Å². The minimum absolute atomic E-state index is 0.0101. The molecule has 0 saturated carbocycles. The number of nitrogens with zero attached hydrogens (tertiary/aromatic N) is 3. The summed E-state index contributed by atoms with van der Waals surface area (Å²) in [6, 6.07) is 10.9. The van der Waals surface area contributed by atoms with Crippen LogP contribution in [0.3, 0.4) is 0 Å². The highest BCUT2D eigenvalue weighted by atomic mass is 79.9. The summed E-state index contributed by atoms with van der Waals surface area (Å²) in [5.41, 5.74) is 5.57. The molecule has 148 valence electrons. The summed E-state index contributed by atoms with van der Waals surface area (Å²) >= 11 is 3.39. The number of hydrogen-bond donors (Lipinski definition) is 1. The first-order valence-electron chi connectivity index (χ1n) is 9.49. The lowest BCUT2D eigenvalue weighted by molar-refractivity contribution is 0.179. The van der Waals surface area contributed by atoms with E-state index in [1.807, 2.05) is 6.08 Å². The molecule has 0 aliphatic heterocycles. The Hall–Kier alpha value is -2.62. The molecule has 0 heterocycles. The number of rotatable bonds is 1. The Kier molecular flexibility index (Phi) is 5.33. The van der Waals surface area contributed by atoms with Crippen LogP contribution < -0.4 is 5.73 Å². The topological polar surface area (TPSA) is 97.4 Å². The van der Waals surface area contributed by atoms with Gasteiger partial charge in [-0.05, 0) is 59.4 Å². The molecule has 29 heavy (non-hydrogen) atoms. The van der Waals surface area contributed by atoms with E-state index >= 15 is 0 Å². The molecule has 0 aromatic heterocycles. The standard InChI is InChI=1S/C23H22BrFN4/c1-22(2,3)13-4-6-18-15(8-13)20(16-9-14(24)5-7-19(16)25)17(10-26)21(29)23(18,11-27)12-28/h5-7,9,13,15,20H,4,8,29H2,1-3H3/t13-,15-,20+/m0/s1. The minimum atomic E-state index is -1.68. The van der Waals surface area contributed by atoms with Crippen LogP contribution in [0.2, 0.25) is 0 Å². The molecule has 2 N–H and O–H groups in total. The van der Waals surface area contributed by atoms with Crippen LogP contribution in [0, 0.1) is 62.5 Å². The number of nitrogens with two attached hydrogens (primary N) is 1. The fraction of sp³-hybridized carbons (Fsp3) is 0.435. The molecule has 3 rings (SSSR count). The number of hydrogen-bond acceptors (Lipinski definition) is 4. The zero-order chi connectivity index (χ0) is 21.6. The van der Waals surface area contributed by atoms with E-state index in [2.05, 4.69) is 54.9 Å². The van der Waals surface area contributed by atoms with Gasteiger partial charge in [-0.3, -0.25) is 0 Å². The van der Waals surface area contributed by atoms with E-state index in [-0.39, 0.29) is 28.5 Å². The van der Waals surface area contributed by atoms with Crippen LogP contribution in [0.1, 0.15) is 45.1 Å². The third-order valence-corrected chi connectivity index (χ3v) is 6.87. The number of allylic oxidation sites excluding steroid dienone is 3. The molecule has 0 spiro atoms. The maximum absolute atomic E-state index is 14.9. The molecule has 0 unspecified atom stereocenters. The van der Waals surface area contributed by atoms with E-state index in [9.17, 15) is 20.2 Å². The molecular weight excluding hydrogens is 431 g/mol. The van der Waals surface area contributed by atoms with Gasteiger partial charge in [-0.1, -0.05) is 42.8 Å². The summed E-state index contributed by atoms with van der Waals surface area (Å²) in [7, 11) is 0. The van der Waals surface area contributed by atoms with Gasteiger partial charge in [-0.15, -0.1) is 0 Å². The molecule has 0 amide bonds. The molecule has 0 bridgehead atoms. The molecule has 0 saturated heterocycles. The minimum Gasteiger partial charge on any atom is -0.399 e. The summed E-state index contributed by atoms with van der Waals surface area (Å²) in [4.78, 5) is 0. The van der Waals surface area contributed by atoms with Gasteiger partial charge in [-0.25, -0.2) is 4.39 Å². The van der Waals surface area contributed by atoms with Crippen molar-refractivity contribution in [2.24, 2.45) is 28.4 Å². The molecule has 6 heteroatoms. The third kappa shape index (κ3) is 3.25. The number of fused-ring (bicyclic) bond motifs is 1. The second-order valence-corrected chi connectivity index (χ2v) is 9.77. The van der Waals surface area contributed by atoms with E-state index in [1.54, 1.807) is 12.1 Å². The van der Waals surface area contributed by atoms with Crippen molar-refractivity contribution in [1.29, 1.82) is 15.8 Å². The number of benzene rings is 1. The van der Waals surface area contributed by atoms with Gasteiger partial charge < -0.3 is 5.73 Å². The van der Waals surface area contributed by atoms with Crippen molar-refractivity contribution in [3.05, 3.63) is 57.0 Å². The highest BCUT2D eigenvalue weighted by Crippen LogP contribution is 2.57. The van der Waals surface area contributed by atoms with Crippen molar-refractivity contribution in [1.82, 2.24) is 0 Å². The molecule has 0 fully saturated rings. The van der Waals surface area contributed by atoms with Gasteiger partial charge >= 0.3 is 0 Å². The first-order chi connectivity index (χ1) is 13.6. The molecule has 2 aliphatic carbocycles. The Labute approximate surface area is 179 Å². The molecule has 1 aromatic rings. The van der Waals surface area contributed by atoms with Crippen molar-refractivity contribution < 1.29 is 4.39 Å². The molecule has 2 aliphatic rings. The van der Waals surface area contributed by atoms with Gasteiger partial charge in [0.2, 0.25) is 5.41 Å². The zero-order valence-corrected chi connectivity index (χ0v) is 18.2. The Morgan fingerprint density at radius 2 is 1.86 bits per heavy atom. The Morgan fingerprint density at radius 1 is 1.21 bits per heavy atom. The summed E-state index contributed by atoms with van der Waals surface area (Å²) < 4.78 is 15.6. The molecule has 4 nitrogen and oxygen atoms in total. The maximum Gasteiger partial charge on any atom is 0.204 e. The molecule has 3 atom stereocenters. The third-order valence-electron chi connectivity index (χ3n) is 6.37. The maximum atomic E-state index is 14.9. The van der Waals surface area contributed by atoms with Gasteiger partial charge in [0.25, 0.3) is 0 Å². The van der Waals surface area contributed by atoms with Crippen LogP contribution >= 0.6 is 15.9 Å². The predicted molar refractivity (Wildman–Crippen MR) is 111 cm³/mol. The Morgan fingerprint density at radius 3 is 2.41 bits per heavy atom. The summed E-state index contributed by atoms with van der Waals surface area (Å²) in [5, 5.41) is 29.8. The van der Waals surface area contributed by atoms with E-state index in [4.69, 9.17) is 5.73 Å². The van der Waals surface area contributed by atoms with Gasteiger partial charge in [0, 0.05) is 10.4 Å². The van der Waals surface area contributed by atoms with E-state index < -0.39 is 17.2 Å². The lowest BCUT2D eigenvalue weighted by Gasteiger charge is -2.46. The quantitative estimate of drug-likeness (QED) is 0.572. The van der Waals surface area contributed by atoms with Crippen LogP contribution in [-0.4, -0.2) is 0 Å². The molecular formula is C23H22BrFN4. The number of nitriles is 3. The average Bonchev–Trinajstić information content (AvgIpc) is 2.68. The van der Waals surface area contributed by atoms with Crippen LogP contribution in [-0.2, 0) is 0 Å². The fourth-order valence-electron chi connectivity index (χ4n) is 4.66. The first-order valence-corrected chi connectivity index (χ1v) is 10.3. The fourth-order valence-corrected chi connectivity index (χ4v) is 5.04. The van der Waals surface area contributed by atoms with E-state index in [1.165, 1.54) is 6.07 Å². The Balaban J connectivity index is 2.34. The van der Waals surface area contributed by atoms with E-state index in [0.29, 0.717) is 28.5 Å². The van der Waals surface area contributed by atoms with Crippen LogP contribution in [0.5, 0.6) is 0 Å². The summed E-state index contributed by atoms with van der Waals surface area (Å²) in [6.07, 6.45) is 3.29. The monoisotopic (exact) mass is 452 g/mol. The van der Waals surface area contributed by atoms with Crippen molar-refractivity contribution in [3.63, 3.8) is 0 Å². The van der Waals surface area contributed by atoms with Crippen LogP contribution in [0.25, 0.3) is 0 Å².